The molecule has 3 N–H and O–H groups in total. The minimum Gasteiger partial charge on any atom is -0.394 e. The van der Waals surface area contributed by atoms with Crippen LogP contribution in [0.4, 0.5) is 5.69 Å². The number of halogens is 2. The van der Waals surface area contributed by atoms with Crippen molar-refractivity contribution in [3.8, 4) is 0 Å². The molecular formula is C10H13Br2NO4S. The van der Waals surface area contributed by atoms with Gasteiger partial charge in [-0.3, -0.25) is 0 Å². The largest absolute Gasteiger partial charge is 0.394 e. The lowest BCUT2D eigenvalue weighted by Gasteiger charge is -2.14. The predicted molar refractivity (Wildman–Crippen MR) is 76.5 cm³/mol. The average Bonchev–Trinajstić information content (AvgIpc) is 2.26. The highest BCUT2D eigenvalue weighted by Gasteiger charge is 2.14. The molecule has 0 aliphatic carbocycles. The fourth-order valence-electron chi connectivity index (χ4n) is 1.22. The molecule has 0 heterocycles. The van der Waals surface area contributed by atoms with Crippen molar-refractivity contribution in [3.05, 3.63) is 21.1 Å². The maximum Gasteiger partial charge on any atom is 0.175 e. The van der Waals surface area contributed by atoms with Crippen LogP contribution in [0.5, 0.6) is 0 Å². The molecule has 1 aromatic rings. The zero-order valence-corrected chi connectivity index (χ0v) is 13.5. The third-order valence-corrected chi connectivity index (χ3v) is 4.51. The fourth-order valence-corrected chi connectivity index (χ4v) is 3.65. The summed E-state index contributed by atoms with van der Waals surface area (Å²) in [7, 11) is -3.28. The number of benzene rings is 1. The van der Waals surface area contributed by atoms with E-state index in [0.717, 1.165) is 6.26 Å². The molecule has 5 nitrogen and oxygen atoms in total. The molecule has 102 valence electrons. The van der Waals surface area contributed by atoms with Crippen molar-refractivity contribution in [1.29, 1.82) is 0 Å². The SMILES string of the molecule is CS(=O)(=O)c1cc(Br)c(NCC(O)CO)c(Br)c1. The van der Waals surface area contributed by atoms with Crippen molar-refractivity contribution in [2.45, 2.75) is 11.0 Å². The summed E-state index contributed by atoms with van der Waals surface area (Å²) in [6.07, 6.45) is 0.252. The highest BCUT2D eigenvalue weighted by Crippen LogP contribution is 2.33. The van der Waals surface area contributed by atoms with Crippen LogP contribution in [0.25, 0.3) is 0 Å². The van der Waals surface area contributed by atoms with Gasteiger partial charge in [-0.25, -0.2) is 8.42 Å². The minimum absolute atomic E-state index is 0.159. The second-order valence-corrected chi connectivity index (χ2v) is 7.48. The van der Waals surface area contributed by atoms with Crippen LogP contribution < -0.4 is 5.32 Å². The molecule has 0 saturated heterocycles. The van der Waals surface area contributed by atoms with Crippen LogP contribution in [-0.4, -0.2) is 44.1 Å². The summed E-state index contributed by atoms with van der Waals surface area (Å²) in [6.45, 7) is -0.185. The molecule has 0 aliphatic heterocycles. The first-order valence-corrected chi connectivity index (χ1v) is 8.45. The Hall–Kier alpha value is -0.150. The van der Waals surface area contributed by atoms with Crippen LogP contribution in [0, 0.1) is 0 Å². The lowest BCUT2D eigenvalue weighted by Crippen LogP contribution is -2.23. The van der Waals surface area contributed by atoms with E-state index in [1.165, 1.54) is 12.1 Å². The van der Waals surface area contributed by atoms with E-state index in [1.807, 2.05) is 0 Å². The van der Waals surface area contributed by atoms with Gasteiger partial charge in [0.1, 0.15) is 0 Å². The van der Waals surface area contributed by atoms with Crippen molar-refractivity contribution in [2.75, 3.05) is 24.7 Å². The minimum atomic E-state index is -3.28. The van der Waals surface area contributed by atoms with E-state index in [1.54, 1.807) is 0 Å². The summed E-state index contributed by atoms with van der Waals surface area (Å²) in [5, 5.41) is 20.9. The molecule has 1 atom stereocenters. The molecule has 8 heteroatoms. The molecule has 0 fully saturated rings. The summed E-state index contributed by atoms with van der Waals surface area (Å²) in [6, 6.07) is 2.96. The first-order valence-electron chi connectivity index (χ1n) is 4.97. The standard InChI is InChI=1S/C10H13Br2NO4S/c1-18(16,17)7-2-8(11)10(9(12)3-7)13-4-6(15)5-14/h2-3,6,13-15H,4-5H2,1H3. The van der Waals surface area contributed by atoms with Crippen molar-refractivity contribution in [2.24, 2.45) is 0 Å². The van der Waals surface area contributed by atoms with Gasteiger partial charge in [-0.15, -0.1) is 0 Å². The normalized spacial score (nSPS) is 13.4. The van der Waals surface area contributed by atoms with E-state index in [2.05, 4.69) is 37.2 Å². The Morgan fingerprint density at radius 3 is 2.22 bits per heavy atom. The molecule has 0 aromatic heterocycles. The summed E-state index contributed by atoms with van der Waals surface area (Å²) < 4.78 is 24.0. The Morgan fingerprint density at radius 2 is 1.83 bits per heavy atom. The zero-order chi connectivity index (χ0) is 13.9. The van der Waals surface area contributed by atoms with Gasteiger partial charge in [0, 0.05) is 21.7 Å². The molecule has 1 unspecified atom stereocenters. The van der Waals surface area contributed by atoms with E-state index < -0.39 is 15.9 Å². The maximum atomic E-state index is 11.4. The predicted octanol–water partition coefficient (Wildman–Crippen LogP) is 1.38. The third-order valence-electron chi connectivity index (χ3n) is 2.17. The van der Waals surface area contributed by atoms with Gasteiger partial charge in [-0.2, -0.15) is 0 Å². The van der Waals surface area contributed by atoms with Gasteiger partial charge in [0.2, 0.25) is 0 Å². The number of hydrogen-bond acceptors (Lipinski definition) is 5. The fraction of sp³-hybridized carbons (Fsp3) is 0.400. The van der Waals surface area contributed by atoms with Gasteiger partial charge in [-0.1, -0.05) is 0 Å². The Labute approximate surface area is 122 Å². The quantitative estimate of drug-likeness (QED) is 0.692. The van der Waals surface area contributed by atoms with E-state index in [9.17, 15) is 13.5 Å². The number of aliphatic hydroxyl groups excluding tert-OH is 2. The van der Waals surface area contributed by atoms with E-state index in [-0.39, 0.29) is 18.0 Å². The Morgan fingerprint density at radius 1 is 1.33 bits per heavy atom. The molecular weight excluding hydrogens is 390 g/mol. The van der Waals surface area contributed by atoms with E-state index in [4.69, 9.17) is 5.11 Å². The number of nitrogens with one attached hydrogen (secondary N) is 1. The Kier molecular flexibility index (Phi) is 5.60. The summed E-state index contributed by atoms with van der Waals surface area (Å²) >= 11 is 6.52. The third kappa shape index (κ3) is 4.20. The lowest BCUT2D eigenvalue weighted by atomic mass is 10.3. The van der Waals surface area contributed by atoms with Crippen LogP contribution in [0.1, 0.15) is 0 Å². The summed E-state index contributed by atoms with van der Waals surface area (Å²) in [5.74, 6) is 0. The molecule has 0 bridgehead atoms. The van der Waals surface area contributed by atoms with Crippen molar-refractivity contribution < 1.29 is 18.6 Å². The van der Waals surface area contributed by atoms with E-state index >= 15 is 0 Å². The van der Waals surface area contributed by atoms with Crippen LogP contribution in [0.2, 0.25) is 0 Å². The van der Waals surface area contributed by atoms with Gasteiger partial charge >= 0.3 is 0 Å². The number of hydrogen-bond donors (Lipinski definition) is 3. The number of anilines is 1. The molecule has 0 aliphatic rings. The number of aliphatic hydroxyl groups is 2. The first-order chi connectivity index (χ1) is 8.25. The lowest BCUT2D eigenvalue weighted by molar-refractivity contribution is 0.105. The van der Waals surface area contributed by atoms with Crippen LogP contribution >= 0.6 is 31.9 Å². The maximum absolute atomic E-state index is 11.4. The monoisotopic (exact) mass is 401 g/mol. The molecule has 0 radical (unpaired) electrons. The van der Waals surface area contributed by atoms with Gasteiger partial charge in [0.25, 0.3) is 0 Å². The topological polar surface area (TPSA) is 86.6 Å². The van der Waals surface area contributed by atoms with E-state index in [0.29, 0.717) is 14.6 Å². The Bertz CT molecular complexity index is 510. The number of sulfone groups is 1. The molecule has 1 aromatic carbocycles. The van der Waals surface area contributed by atoms with Crippen molar-refractivity contribution >= 4 is 47.4 Å². The van der Waals surface area contributed by atoms with Crippen LogP contribution in [0.3, 0.4) is 0 Å². The molecule has 0 saturated carbocycles. The highest BCUT2D eigenvalue weighted by molar-refractivity contribution is 9.11. The second-order valence-electron chi connectivity index (χ2n) is 3.75. The van der Waals surface area contributed by atoms with Gasteiger partial charge in [0.05, 0.1) is 23.3 Å². The van der Waals surface area contributed by atoms with Crippen molar-refractivity contribution in [1.82, 2.24) is 0 Å². The first kappa shape index (κ1) is 15.9. The van der Waals surface area contributed by atoms with Gasteiger partial charge < -0.3 is 15.5 Å². The molecule has 1 rings (SSSR count). The number of rotatable bonds is 5. The van der Waals surface area contributed by atoms with Crippen LogP contribution in [0.15, 0.2) is 26.0 Å². The van der Waals surface area contributed by atoms with Gasteiger partial charge in [-0.05, 0) is 44.0 Å². The molecule has 0 spiro atoms. The smallest absolute Gasteiger partial charge is 0.175 e. The second kappa shape index (κ2) is 6.33. The molecule has 18 heavy (non-hydrogen) atoms. The average molecular weight is 403 g/mol. The van der Waals surface area contributed by atoms with Gasteiger partial charge in [0.15, 0.2) is 9.84 Å². The van der Waals surface area contributed by atoms with Crippen molar-refractivity contribution in [3.63, 3.8) is 0 Å². The zero-order valence-electron chi connectivity index (χ0n) is 9.52. The Balaban J connectivity index is 3.02. The highest BCUT2D eigenvalue weighted by atomic mass is 79.9. The summed E-state index contributed by atoms with van der Waals surface area (Å²) in [5.41, 5.74) is 0.620. The van der Waals surface area contributed by atoms with Crippen LogP contribution in [-0.2, 0) is 9.84 Å². The molecule has 0 amide bonds. The summed E-state index contributed by atoms with van der Waals surface area (Å²) in [4.78, 5) is 0.189.